The summed E-state index contributed by atoms with van der Waals surface area (Å²) < 4.78 is 59.7. The van der Waals surface area contributed by atoms with Crippen LogP contribution in [0.2, 0.25) is 0 Å². The van der Waals surface area contributed by atoms with Gasteiger partial charge in [0.1, 0.15) is 6.54 Å². The van der Waals surface area contributed by atoms with Crippen LogP contribution in [-0.4, -0.2) is 26.4 Å². The molecule has 0 heterocycles. The van der Waals surface area contributed by atoms with Crippen molar-refractivity contribution in [2.24, 2.45) is 0 Å². The number of aliphatic carboxylic acids is 1. The second kappa shape index (κ2) is 7.02. The van der Waals surface area contributed by atoms with Gasteiger partial charge in [-0.25, -0.2) is 4.21 Å². The first-order chi connectivity index (χ1) is 11.2. The number of carbonyl (C=O) groups is 1. The van der Waals surface area contributed by atoms with E-state index in [-0.39, 0.29) is 21.7 Å². The molecular formula is C15H12F3NO4S. The van der Waals surface area contributed by atoms with Crippen LogP contribution in [-0.2, 0) is 22.1 Å². The fraction of sp³-hybridized carbons (Fsp3) is 0.133. The van der Waals surface area contributed by atoms with Crippen molar-refractivity contribution in [3.8, 4) is 11.1 Å². The molecular weight excluding hydrogens is 347 g/mol. The van der Waals surface area contributed by atoms with E-state index in [0.29, 0.717) is 0 Å². The fourth-order valence-corrected chi connectivity index (χ4v) is 2.67. The smallest absolute Gasteiger partial charge is 0.416 e. The largest absolute Gasteiger partial charge is 0.480 e. The molecule has 0 saturated heterocycles. The average Bonchev–Trinajstić information content (AvgIpc) is 2.51. The van der Waals surface area contributed by atoms with Gasteiger partial charge in [-0.05, 0) is 24.3 Å². The summed E-state index contributed by atoms with van der Waals surface area (Å²) in [5.41, 5.74) is -0.735. The predicted octanol–water partition coefficient (Wildman–Crippen LogP) is 3.45. The van der Waals surface area contributed by atoms with E-state index in [9.17, 15) is 26.7 Å². The molecule has 128 valence electrons. The van der Waals surface area contributed by atoms with Gasteiger partial charge in [0, 0.05) is 16.8 Å². The monoisotopic (exact) mass is 359 g/mol. The number of alkyl halides is 3. The van der Waals surface area contributed by atoms with Crippen LogP contribution in [0.15, 0.2) is 47.4 Å². The Labute approximate surface area is 137 Å². The van der Waals surface area contributed by atoms with Gasteiger partial charge in [-0.2, -0.15) is 13.2 Å². The van der Waals surface area contributed by atoms with E-state index in [2.05, 4.69) is 5.32 Å². The van der Waals surface area contributed by atoms with Gasteiger partial charge in [0.2, 0.25) is 0 Å². The number of carboxylic acids is 1. The standard InChI is InChI=1S/C15H12F3NO4S/c16-15(17,18)9-5-6-12(19-8-14(20)21)11(7-9)10-3-1-2-4-13(10)24(22)23/h1-7,19H,8H2,(H,20,21)(H,22,23). The number of halogens is 3. The van der Waals surface area contributed by atoms with Crippen molar-refractivity contribution in [1.82, 2.24) is 0 Å². The number of hydrogen-bond donors (Lipinski definition) is 3. The van der Waals surface area contributed by atoms with Gasteiger partial charge < -0.3 is 15.0 Å². The van der Waals surface area contributed by atoms with Crippen LogP contribution in [0.1, 0.15) is 5.56 Å². The van der Waals surface area contributed by atoms with Crippen molar-refractivity contribution >= 4 is 22.7 Å². The highest BCUT2D eigenvalue weighted by Gasteiger charge is 2.31. The molecule has 1 unspecified atom stereocenters. The highest BCUT2D eigenvalue weighted by atomic mass is 32.2. The Balaban J connectivity index is 2.64. The maximum absolute atomic E-state index is 13.0. The van der Waals surface area contributed by atoms with E-state index >= 15 is 0 Å². The molecule has 0 aliphatic rings. The zero-order valence-corrected chi connectivity index (χ0v) is 12.8. The van der Waals surface area contributed by atoms with Crippen molar-refractivity contribution in [2.75, 3.05) is 11.9 Å². The molecule has 0 fully saturated rings. The summed E-state index contributed by atoms with van der Waals surface area (Å²) in [6.45, 7) is -0.511. The van der Waals surface area contributed by atoms with Crippen LogP contribution in [0.5, 0.6) is 0 Å². The quantitative estimate of drug-likeness (QED) is 0.712. The molecule has 0 aliphatic carbocycles. The third kappa shape index (κ3) is 4.12. The summed E-state index contributed by atoms with van der Waals surface area (Å²) in [4.78, 5) is 10.6. The molecule has 0 amide bonds. The van der Waals surface area contributed by atoms with Gasteiger partial charge in [0.25, 0.3) is 0 Å². The molecule has 0 bridgehead atoms. The van der Waals surface area contributed by atoms with Crippen LogP contribution < -0.4 is 5.32 Å². The summed E-state index contributed by atoms with van der Waals surface area (Å²) in [6.07, 6.45) is -4.60. The molecule has 2 aromatic rings. The summed E-state index contributed by atoms with van der Waals surface area (Å²) in [7, 11) is 0. The average molecular weight is 359 g/mol. The minimum Gasteiger partial charge on any atom is -0.480 e. The van der Waals surface area contributed by atoms with Gasteiger partial charge in [-0.3, -0.25) is 4.79 Å². The lowest BCUT2D eigenvalue weighted by Crippen LogP contribution is -2.14. The molecule has 2 rings (SSSR count). The molecule has 0 spiro atoms. The van der Waals surface area contributed by atoms with Crippen LogP contribution >= 0.6 is 0 Å². The van der Waals surface area contributed by atoms with E-state index in [1.807, 2.05) is 0 Å². The molecule has 24 heavy (non-hydrogen) atoms. The van der Waals surface area contributed by atoms with E-state index in [1.165, 1.54) is 24.3 Å². The lowest BCUT2D eigenvalue weighted by molar-refractivity contribution is -0.137. The summed E-state index contributed by atoms with van der Waals surface area (Å²) in [6, 6.07) is 8.41. The minimum atomic E-state index is -4.60. The fourth-order valence-electron chi connectivity index (χ4n) is 2.11. The predicted molar refractivity (Wildman–Crippen MR) is 82.0 cm³/mol. The number of nitrogens with one attached hydrogen (secondary N) is 1. The van der Waals surface area contributed by atoms with Gasteiger partial charge in [0.05, 0.1) is 10.5 Å². The molecule has 5 nitrogen and oxygen atoms in total. The van der Waals surface area contributed by atoms with Crippen molar-refractivity contribution in [1.29, 1.82) is 0 Å². The van der Waals surface area contributed by atoms with Gasteiger partial charge in [0.15, 0.2) is 11.1 Å². The zero-order chi connectivity index (χ0) is 17.9. The Morgan fingerprint density at radius 1 is 1.12 bits per heavy atom. The molecule has 9 heteroatoms. The number of rotatable bonds is 5. The summed E-state index contributed by atoms with van der Waals surface area (Å²) in [5.74, 6) is -1.19. The van der Waals surface area contributed by atoms with Crippen molar-refractivity contribution in [3.63, 3.8) is 0 Å². The van der Waals surface area contributed by atoms with Crippen LogP contribution in [0.25, 0.3) is 11.1 Å². The lowest BCUT2D eigenvalue weighted by atomic mass is 10.0. The van der Waals surface area contributed by atoms with Crippen molar-refractivity contribution in [2.45, 2.75) is 11.1 Å². The molecule has 3 N–H and O–H groups in total. The van der Waals surface area contributed by atoms with Gasteiger partial charge >= 0.3 is 12.1 Å². The first kappa shape index (κ1) is 18.0. The molecule has 0 radical (unpaired) electrons. The molecule has 2 aromatic carbocycles. The van der Waals surface area contributed by atoms with Crippen molar-refractivity contribution < 1.29 is 31.8 Å². The molecule has 1 atom stereocenters. The number of carboxylic acid groups (broad SMARTS) is 1. The normalized spacial score (nSPS) is 12.7. The number of benzene rings is 2. The Hall–Kier alpha value is -2.39. The third-order valence-electron chi connectivity index (χ3n) is 3.14. The van der Waals surface area contributed by atoms with Gasteiger partial charge in [-0.1, -0.05) is 18.2 Å². The first-order valence-electron chi connectivity index (χ1n) is 6.57. The Morgan fingerprint density at radius 3 is 2.38 bits per heavy atom. The molecule has 0 aromatic heterocycles. The Kier molecular flexibility index (Phi) is 5.25. The van der Waals surface area contributed by atoms with E-state index < -0.39 is 35.3 Å². The van der Waals surface area contributed by atoms with Crippen molar-refractivity contribution in [3.05, 3.63) is 48.0 Å². The van der Waals surface area contributed by atoms with Gasteiger partial charge in [-0.15, -0.1) is 0 Å². The van der Waals surface area contributed by atoms with E-state index in [4.69, 9.17) is 5.11 Å². The molecule has 0 aliphatic heterocycles. The van der Waals surface area contributed by atoms with E-state index in [1.54, 1.807) is 0 Å². The SMILES string of the molecule is O=C(O)CNc1ccc(C(F)(F)F)cc1-c1ccccc1S(=O)O. The number of hydrogen-bond acceptors (Lipinski definition) is 3. The zero-order valence-electron chi connectivity index (χ0n) is 12.0. The second-order valence-corrected chi connectivity index (χ2v) is 5.69. The maximum atomic E-state index is 13.0. The highest BCUT2D eigenvalue weighted by Crippen LogP contribution is 2.37. The Bertz CT molecular complexity index is 793. The maximum Gasteiger partial charge on any atom is 0.416 e. The lowest BCUT2D eigenvalue weighted by Gasteiger charge is -2.16. The first-order valence-corrected chi connectivity index (χ1v) is 7.68. The van der Waals surface area contributed by atoms with Crippen LogP contribution in [0.4, 0.5) is 18.9 Å². The molecule has 0 saturated carbocycles. The summed E-state index contributed by atoms with van der Waals surface area (Å²) >= 11 is -2.42. The highest BCUT2D eigenvalue weighted by molar-refractivity contribution is 7.79. The third-order valence-corrected chi connectivity index (χ3v) is 3.87. The minimum absolute atomic E-state index is 0.0101. The van der Waals surface area contributed by atoms with Crippen LogP contribution in [0.3, 0.4) is 0 Å². The summed E-state index contributed by atoms with van der Waals surface area (Å²) in [5, 5.41) is 11.2. The Morgan fingerprint density at radius 2 is 1.79 bits per heavy atom. The van der Waals surface area contributed by atoms with Crippen LogP contribution in [0, 0.1) is 0 Å². The van der Waals surface area contributed by atoms with E-state index in [0.717, 1.165) is 18.2 Å². The second-order valence-electron chi connectivity index (χ2n) is 4.75. The topological polar surface area (TPSA) is 86.6 Å². The number of anilines is 1.